The fourth-order valence-corrected chi connectivity index (χ4v) is 4.96. The molecule has 1 N–H and O–H groups in total. The second-order valence-corrected chi connectivity index (χ2v) is 8.69. The highest BCUT2D eigenvalue weighted by atomic mass is 16.3. The van der Waals surface area contributed by atoms with E-state index in [1.807, 2.05) is 0 Å². The van der Waals surface area contributed by atoms with E-state index >= 15 is 0 Å². The van der Waals surface area contributed by atoms with Crippen LogP contribution in [0.15, 0.2) is 36.4 Å². The van der Waals surface area contributed by atoms with Gasteiger partial charge in [0.2, 0.25) is 0 Å². The lowest BCUT2D eigenvalue weighted by Crippen LogP contribution is -2.43. The lowest BCUT2D eigenvalue weighted by molar-refractivity contribution is 0.0547. The molecule has 2 nitrogen and oxygen atoms in total. The molecule has 146 valence electrons. The molecule has 1 aliphatic rings. The van der Waals surface area contributed by atoms with E-state index in [-0.39, 0.29) is 0 Å². The van der Waals surface area contributed by atoms with Gasteiger partial charge in [-0.05, 0) is 57.6 Å². The quantitative estimate of drug-likeness (QED) is 0.733. The van der Waals surface area contributed by atoms with Crippen LogP contribution in [0.1, 0.15) is 59.1 Å². The van der Waals surface area contributed by atoms with Crippen LogP contribution in [0, 0.1) is 33.6 Å². The molecule has 0 saturated heterocycles. The molecule has 3 rings (SSSR count). The first-order chi connectivity index (χ1) is 12.9. The zero-order chi connectivity index (χ0) is 19.4. The highest BCUT2D eigenvalue weighted by Crippen LogP contribution is 2.31. The molecule has 27 heavy (non-hydrogen) atoms. The van der Waals surface area contributed by atoms with Crippen LogP contribution in [0.25, 0.3) is 0 Å². The number of aliphatic hydroxyl groups is 1. The topological polar surface area (TPSA) is 23.5 Å². The molecule has 0 radical (unpaired) electrons. The van der Waals surface area contributed by atoms with Crippen LogP contribution in [0.3, 0.4) is 0 Å². The first-order valence-corrected chi connectivity index (χ1v) is 10.4. The third kappa shape index (κ3) is 5.43. The maximum absolute atomic E-state index is 9.99. The molecule has 2 aromatic rings. The monoisotopic (exact) mass is 365 g/mol. The lowest BCUT2D eigenvalue weighted by atomic mass is 9.83. The van der Waals surface area contributed by atoms with Gasteiger partial charge in [0.15, 0.2) is 0 Å². The molecule has 0 amide bonds. The molecule has 0 unspecified atom stereocenters. The molecule has 0 heterocycles. The molecular weight excluding hydrogens is 330 g/mol. The molecule has 0 spiro atoms. The van der Waals surface area contributed by atoms with Gasteiger partial charge in [0.25, 0.3) is 0 Å². The summed E-state index contributed by atoms with van der Waals surface area (Å²) < 4.78 is 0. The van der Waals surface area contributed by atoms with Crippen LogP contribution in [0.4, 0.5) is 0 Å². The number of nitrogens with zero attached hydrogens (tertiary/aromatic N) is 1. The number of aryl methyl sites for hydroxylation is 4. The first-order valence-electron chi connectivity index (χ1n) is 10.4. The Morgan fingerprint density at radius 1 is 0.741 bits per heavy atom. The molecule has 2 atom stereocenters. The Labute approximate surface area is 165 Å². The summed E-state index contributed by atoms with van der Waals surface area (Å²) in [6, 6.07) is 14.2. The van der Waals surface area contributed by atoms with Crippen molar-refractivity contribution in [1.29, 1.82) is 0 Å². The minimum Gasteiger partial charge on any atom is -0.396 e. The average Bonchev–Trinajstić information content (AvgIpc) is 2.59. The van der Waals surface area contributed by atoms with Gasteiger partial charge in [-0.2, -0.15) is 0 Å². The average molecular weight is 366 g/mol. The Kier molecular flexibility index (Phi) is 6.73. The van der Waals surface area contributed by atoms with Crippen LogP contribution in [-0.4, -0.2) is 22.7 Å². The van der Waals surface area contributed by atoms with Crippen molar-refractivity contribution in [2.45, 2.75) is 72.5 Å². The van der Waals surface area contributed by atoms with Gasteiger partial charge in [0, 0.05) is 25.7 Å². The molecule has 2 heteroatoms. The van der Waals surface area contributed by atoms with Crippen LogP contribution >= 0.6 is 0 Å². The van der Waals surface area contributed by atoms with Crippen molar-refractivity contribution in [2.75, 3.05) is 6.61 Å². The zero-order valence-corrected chi connectivity index (χ0v) is 17.5. The minimum atomic E-state index is 0.306. The Hall–Kier alpha value is -1.64. The summed E-state index contributed by atoms with van der Waals surface area (Å²) in [6.45, 7) is 10.9. The zero-order valence-electron chi connectivity index (χ0n) is 17.5. The highest BCUT2D eigenvalue weighted by molar-refractivity contribution is 5.30. The van der Waals surface area contributed by atoms with Crippen molar-refractivity contribution in [3.05, 3.63) is 69.8 Å². The highest BCUT2D eigenvalue weighted by Gasteiger charge is 2.30. The van der Waals surface area contributed by atoms with Crippen LogP contribution in [-0.2, 0) is 13.1 Å². The molecule has 0 aromatic heterocycles. The number of benzene rings is 2. The Bertz CT molecular complexity index is 673. The molecule has 1 fully saturated rings. The summed E-state index contributed by atoms with van der Waals surface area (Å²) in [5.74, 6) is 0.399. The van der Waals surface area contributed by atoms with E-state index in [4.69, 9.17) is 0 Å². The van der Waals surface area contributed by atoms with Crippen LogP contribution in [0.2, 0.25) is 0 Å². The van der Waals surface area contributed by atoms with E-state index in [0.717, 1.165) is 19.5 Å². The molecular formula is C25H35NO. The second kappa shape index (κ2) is 9.03. The number of rotatable bonds is 6. The first kappa shape index (κ1) is 20.1. The van der Waals surface area contributed by atoms with Crippen molar-refractivity contribution < 1.29 is 5.11 Å². The van der Waals surface area contributed by atoms with Gasteiger partial charge in [-0.15, -0.1) is 0 Å². The summed E-state index contributed by atoms with van der Waals surface area (Å²) in [5, 5.41) is 9.99. The van der Waals surface area contributed by atoms with E-state index in [1.165, 1.54) is 52.6 Å². The van der Waals surface area contributed by atoms with E-state index in [2.05, 4.69) is 69.0 Å². The normalized spacial score (nSPS) is 20.2. The van der Waals surface area contributed by atoms with Gasteiger partial charge < -0.3 is 5.11 Å². The summed E-state index contributed by atoms with van der Waals surface area (Å²) in [7, 11) is 0. The fraction of sp³-hybridized carbons (Fsp3) is 0.520. The molecule has 1 aliphatic carbocycles. The largest absolute Gasteiger partial charge is 0.396 e. The summed E-state index contributed by atoms with van der Waals surface area (Å²) >= 11 is 0. The van der Waals surface area contributed by atoms with Gasteiger partial charge in [-0.25, -0.2) is 0 Å². The maximum atomic E-state index is 9.99. The van der Waals surface area contributed by atoms with Crippen molar-refractivity contribution >= 4 is 0 Å². The SMILES string of the molecule is Cc1cc(C)cc(CN(Cc2cc(C)cc(C)c2)[C@H]2CCCC[C@@H]2CO)c1. The van der Waals surface area contributed by atoms with Crippen molar-refractivity contribution in [2.24, 2.45) is 5.92 Å². The Morgan fingerprint density at radius 3 is 1.63 bits per heavy atom. The Balaban J connectivity index is 1.89. The van der Waals surface area contributed by atoms with Crippen molar-refractivity contribution in [3.63, 3.8) is 0 Å². The van der Waals surface area contributed by atoms with E-state index in [1.54, 1.807) is 0 Å². The van der Waals surface area contributed by atoms with E-state index < -0.39 is 0 Å². The van der Waals surface area contributed by atoms with Gasteiger partial charge in [0.05, 0.1) is 0 Å². The van der Waals surface area contributed by atoms with Crippen LogP contribution in [0.5, 0.6) is 0 Å². The van der Waals surface area contributed by atoms with Gasteiger partial charge in [-0.3, -0.25) is 4.90 Å². The van der Waals surface area contributed by atoms with Gasteiger partial charge >= 0.3 is 0 Å². The predicted octanol–water partition coefficient (Wildman–Crippen LogP) is 5.47. The van der Waals surface area contributed by atoms with Gasteiger partial charge in [0.1, 0.15) is 0 Å². The third-order valence-electron chi connectivity index (χ3n) is 5.91. The molecule has 0 bridgehead atoms. The Morgan fingerprint density at radius 2 is 1.19 bits per heavy atom. The molecule has 0 aliphatic heterocycles. The van der Waals surface area contributed by atoms with Crippen molar-refractivity contribution in [3.8, 4) is 0 Å². The molecule has 2 aromatic carbocycles. The smallest absolute Gasteiger partial charge is 0.0474 e. The maximum Gasteiger partial charge on any atom is 0.0474 e. The number of hydrogen-bond acceptors (Lipinski definition) is 2. The number of aliphatic hydroxyl groups excluding tert-OH is 1. The fourth-order valence-electron chi connectivity index (χ4n) is 4.96. The lowest BCUT2D eigenvalue weighted by Gasteiger charge is -2.40. The standard InChI is InChI=1S/C25H35NO/c1-18-9-19(2)12-22(11-18)15-26(25-8-6-5-7-24(25)17-27)16-23-13-20(3)10-21(4)14-23/h9-14,24-25,27H,5-8,15-17H2,1-4H3/t24-,25+/m1/s1. The second-order valence-electron chi connectivity index (χ2n) is 8.69. The summed E-state index contributed by atoms with van der Waals surface area (Å²) in [4.78, 5) is 2.63. The third-order valence-corrected chi connectivity index (χ3v) is 5.91. The van der Waals surface area contributed by atoms with Crippen molar-refractivity contribution in [1.82, 2.24) is 4.90 Å². The summed E-state index contributed by atoms with van der Waals surface area (Å²) in [6.07, 6.45) is 4.87. The predicted molar refractivity (Wildman–Crippen MR) is 114 cm³/mol. The van der Waals surface area contributed by atoms with E-state index in [0.29, 0.717) is 18.6 Å². The summed E-state index contributed by atoms with van der Waals surface area (Å²) in [5.41, 5.74) is 8.10. The van der Waals surface area contributed by atoms with Gasteiger partial charge in [-0.1, -0.05) is 71.5 Å². The van der Waals surface area contributed by atoms with Crippen LogP contribution < -0.4 is 0 Å². The number of hydrogen-bond donors (Lipinski definition) is 1. The van der Waals surface area contributed by atoms with E-state index in [9.17, 15) is 5.11 Å². The molecule has 1 saturated carbocycles. The minimum absolute atomic E-state index is 0.306.